The van der Waals surface area contributed by atoms with Gasteiger partial charge in [-0.3, -0.25) is 88.2 Å². The predicted molar refractivity (Wildman–Crippen MR) is 579 cm³/mol. The molecule has 4 aliphatic rings. The highest BCUT2D eigenvalue weighted by Gasteiger charge is 2.43. The van der Waals surface area contributed by atoms with Crippen molar-refractivity contribution in [3.05, 3.63) is 93.1 Å². The predicted octanol–water partition coefficient (Wildman–Crippen LogP) is 9.52. The van der Waals surface area contributed by atoms with Gasteiger partial charge >= 0.3 is 42.4 Å². The Morgan fingerprint density at radius 2 is 0.987 bits per heavy atom. The van der Waals surface area contributed by atoms with Gasteiger partial charge in [-0.1, -0.05) is 65.4 Å². The number of nitrogens with one attached hydrogen (secondary N) is 7. The van der Waals surface area contributed by atoms with Crippen molar-refractivity contribution < 1.29 is 121 Å². The minimum absolute atomic E-state index is 0.00551. The van der Waals surface area contributed by atoms with Gasteiger partial charge in [0.15, 0.2) is 89.3 Å². The van der Waals surface area contributed by atoms with E-state index in [0.717, 1.165) is 69.6 Å². The van der Waals surface area contributed by atoms with Gasteiger partial charge in [0.05, 0.1) is 109 Å². The van der Waals surface area contributed by atoms with E-state index in [1.807, 2.05) is 11.5 Å². The Labute approximate surface area is 895 Å². The normalized spacial score (nSPS) is 20.3. The molecule has 838 valence electrons. The van der Waals surface area contributed by atoms with Crippen LogP contribution in [0.2, 0.25) is 0 Å². The number of aliphatic hydroxyl groups is 1. The van der Waals surface area contributed by atoms with E-state index in [2.05, 4.69) is 93.3 Å². The first-order chi connectivity index (χ1) is 71.0. The molecule has 4 fully saturated rings. The number of aliphatic hydroxyl groups excluding tert-OH is 1. The summed E-state index contributed by atoms with van der Waals surface area (Å²) in [6.45, 7) is 14.5. The average Bonchev–Trinajstić information content (AvgIpc) is 1.59. The molecule has 150 heavy (non-hydrogen) atoms. The molecule has 68 heteroatoms. The number of carbonyl (C=O) groups is 5. The summed E-state index contributed by atoms with van der Waals surface area (Å²) in [5, 5.41) is 27.6. The van der Waals surface area contributed by atoms with Gasteiger partial charge in [-0.25, -0.2) is 80.5 Å². The lowest BCUT2D eigenvalue weighted by Gasteiger charge is -2.26. The molecule has 0 bridgehead atoms. The van der Waals surface area contributed by atoms with Crippen LogP contribution in [0.1, 0.15) is 72.7 Å². The summed E-state index contributed by atoms with van der Waals surface area (Å²) in [5.74, 6) is 4.00. The SMILES string of the molecule is C=C1[C@H](COP(=O)(OCCSC(C)=O)N(C)C)[C@@H](O)C[C@@H]1n1cnc2c(=O)[nH]c(NC)nc21.CNc1ccn([C@@H]2CS[C@H](COP(=O)(OCCSC(C)=O)N(C)C)O2)c(=O)n1.CNc1nc(=O)n([C@@H]2CS[C@H](COP(=O)(OCCSC(C)=O)N(C)C)O2)cc1F.CNc1nc(NC)c2ncn([C@H]3CO[C@@H](COP(=O)(OCCSC(C)=O)N(C)C)O3)c2n1.CNc1ncnc2c1ncn2CC(C)OCP(=O)(OCCSC(C)=O)N(C)C. The molecule has 0 radical (unpaired) electrons. The van der Waals surface area contributed by atoms with Crippen LogP contribution in [0.5, 0.6) is 0 Å². The number of ether oxygens (including phenoxy) is 5. The molecular formula is C82H133FN27O28P5S7. The fourth-order valence-corrected chi connectivity index (χ4v) is 24.5. The van der Waals surface area contributed by atoms with Gasteiger partial charge in [0.25, 0.3) is 13.1 Å². The second-order valence-corrected chi connectivity index (χ2v) is 53.2. The highest BCUT2D eigenvalue weighted by Crippen LogP contribution is 2.56. The van der Waals surface area contributed by atoms with Crippen LogP contribution in [-0.4, -0.2) is 387 Å². The zero-order chi connectivity index (χ0) is 111. The number of hydrogen-bond acceptors (Lipinski definition) is 51. The van der Waals surface area contributed by atoms with Crippen LogP contribution >= 0.6 is 121 Å². The van der Waals surface area contributed by atoms with E-state index in [4.69, 9.17) is 64.4 Å². The highest BCUT2D eigenvalue weighted by molar-refractivity contribution is 8.14. The number of thioether (sulfide) groups is 7. The number of aromatic nitrogens is 16. The van der Waals surface area contributed by atoms with Gasteiger partial charge in [-0.05, 0) is 95.5 Å². The first-order valence-corrected chi connectivity index (χ1v) is 60.8. The third-order valence-corrected chi connectivity index (χ3v) is 37.3. The molecule has 3 aliphatic heterocycles. The first kappa shape index (κ1) is 128. The zero-order valence-corrected chi connectivity index (χ0v) is 97.2. The quantitative estimate of drug-likeness (QED) is 0.00998. The molecule has 15 atom stereocenters. The maximum absolute atomic E-state index is 13.9. The standard InChI is InChI=1S/C19H29N6O6PS.C17H28N7O6PS.C16H27N6O4PS.C15H24FN4O6PS2.C15H25N4O6PS2/c1-11-13(9-31-32(29,24(4)5)30-6-7-33-12(2)26)15(27)8-14(11)25-10-21-16-17(25)22-19(20-3)23-18(16)28;1-11(25)32-7-6-28-31(26,23(4)5)29-9-13-27-8-12(30-13)24-10-20-14-15(18-2)21-17(19-3)22-16(14)24;1-12(8-22-10-20-14-15(17-3)18-9-19-16(14)22)25-11-27(24,21(4)5)26-6-7-28-13(2)23;1-10(21)28-6-5-24-27(23,19(3)4)25-8-13-26-12(9-29-13)20-7-11(16)14(17-2)18-15(20)22;1-11(20)27-8-7-23-26(22,18(3)4)24-9-14-25-13(10-28-14)19-6-5-12(16-2)17-15(19)21/h10,13-15,27H,1,6-9H2,2-5H3,(H2,20,22,23,28);10,12-13H,6-9H2,1-5H3,(H2,18,19,21,22);9-10,12H,6-8,11H2,1-5H3,(H,17,18,19);7,12-13H,5-6,8-9H2,1-4H3,(H,17,18,22);5-6,13-14H,7-10H2,1-4H3,(H,16,17,21)/t13-,14-,15-,32?;12-,13-,31?;;12-,13+,27?;13-,14+,26?/m01.00/s1. The summed E-state index contributed by atoms with van der Waals surface area (Å²) >= 11 is 8.27. The van der Waals surface area contributed by atoms with Gasteiger partial charge in [0, 0.05) is 129 Å². The summed E-state index contributed by atoms with van der Waals surface area (Å²) in [6, 6.07) is 1.32. The Morgan fingerprint density at radius 1 is 0.520 bits per heavy atom. The maximum Gasteiger partial charge on any atom is 0.407 e. The van der Waals surface area contributed by atoms with Gasteiger partial charge in [-0.15, -0.1) is 23.5 Å². The van der Waals surface area contributed by atoms with Crippen molar-refractivity contribution in [3.8, 4) is 0 Å². The second kappa shape index (κ2) is 61.5. The molecule has 12 rings (SSSR count). The van der Waals surface area contributed by atoms with Crippen molar-refractivity contribution in [2.75, 3.05) is 257 Å². The van der Waals surface area contributed by atoms with E-state index in [-0.39, 0.29) is 127 Å². The number of imidazole rings is 3. The van der Waals surface area contributed by atoms with Gasteiger partial charge in [0.2, 0.25) is 11.9 Å². The third-order valence-electron chi connectivity index (χ3n) is 21.1. The largest absolute Gasteiger partial charge is 0.407 e. The molecule has 3 saturated heterocycles. The average molecular weight is 2340 g/mol. The number of anilines is 6. The first-order valence-electron chi connectivity index (χ1n) is 46.0. The lowest BCUT2D eigenvalue weighted by molar-refractivity contribution is -0.109. The molecule has 8 N–H and O–H groups in total. The number of halogens is 1. The summed E-state index contributed by atoms with van der Waals surface area (Å²) in [4.78, 5) is 136. The van der Waals surface area contributed by atoms with E-state index in [9.17, 15) is 70.7 Å². The molecule has 0 spiro atoms. The Hall–Kier alpha value is -7.17. The van der Waals surface area contributed by atoms with Crippen molar-refractivity contribution in [1.82, 2.24) is 101 Å². The van der Waals surface area contributed by atoms with Crippen LogP contribution < -0.4 is 48.8 Å². The van der Waals surface area contributed by atoms with Gasteiger partial charge < -0.3 is 74.3 Å². The van der Waals surface area contributed by atoms with Crippen molar-refractivity contribution >= 4 is 215 Å². The van der Waals surface area contributed by atoms with E-state index < -0.39 is 104 Å². The van der Waals surface area contributed by atoms with E-state index in [0.29, 0.717) is 116 Å². The molecule has 11 heterocycles. The minimum Gasteiger partial charge on any atom is -0.392 e. The maximum atomic E-state index is 13.9. The van der Waals surface area contributed by atoms with Crippen molar-refractivity contribution in [1.29, 1.82) is 0 Å². The molecular weight excluding hydrogens is 2210 g/mol. The number of rotatable bonds is 52. The molecule has 8 aromatic rings. The fraction of sp³-hybridized carbons (Fsp3) is 0.634. The Bertz CT molecular complexity index is 6270. The lowest BCUT2D eigenvalue weighted by Crippen LogP contribution is -2.30. The molecule has 1 aliphatic carbocycles. The van der Waals surface area contributed by atoms with Gasteiger partial charge in [-0.2, -0.15) is 24.9 Å². The van der Waals surface area contributed by atoms with Crippen LogP contribution in [0.15, 0.2) is 70.3 Å². The summed E-state index contributed by atoms with van der Waals surface area (Å²) in [5.41, 5.74) is 1.40. The third kappa shape index (κ3) is 37.8. The number of hydrogen-bond donors (Lipinski definition) is 8. The van der Waals surface area contributed by atoms with E-state index >= 15 is 0 Å². The molecule has 55 nitrogen and oxygen atoms in total. The Balaban J connectivity index is 0.000000229. The second-order valence-electron chi connectivity index (χ2n) is 32.8. The van der Waals surface area contributed by atoms with Crippen molar-refractivity contribution in [3.63, 3.8) is 0 Å². The van der Waals surface area contributed by atoms with Crippen LogP contribution in [0.3, 0.4) is 0 Å². The molecule has 8 aromatic heterocycles. The van der Waals surface area contributed by atoms with E-state index in [1.165, 1.54) is 106 Å². The summed E-state index contributed by atoms with van der Waals surface area (Å²) in [6.07, 6.45) is 5.69. The number of H-pyrrole nitrogens is 1. The van der Waals surface area contributed by atoms with Crippen molar-refractivity contribution in [2.45, 2.75) is 109 Å². The fourth-order valence-electron chi connectivity index (χ4n) is 13.3. The summed E-state index contributed by atoms with van der Waals surface area (Å²) < 4.78 is 172. The lowest BCUT2D eigenvalue weighted by atomic mass is 10.0. The van der Waals surface area contributed by atoms with Crippen LogP contribution in [0.25, 0.3) is 33.5 Å². The van der Waals surface area contributed by atoms with Crippen LogP contribution in [0.4, 0.5) is 39.6 Å². The van der Waals surface area contributed by atoms with Gasteiger partial charge in [0.1, 0.15) is 53.9 Å². The number of carbonyl (C=O) groups excluding carboxylic acids is 5. The topological polar surface area (TPSA) is 629 Å². The number of fused-ring (bicyclic) bond motifs is 3. The molecule has 1 saturated carbocycles. The molecule has 0 amide bonds. The Morgan fingerprint density at radius 3 is 1.47 bits per heavy atom. The number of nitrogens with zero attached hydrogens (tertiary/aromatic N) is 20. The highest BCUT2D eigenvalue weighted by atomic mass is 32.2. The van der Waals surface area contributed by atoms with E-state index in [1.54, 1.807) is 140 Å². The van der Waals surface area contributed by atoms with Crippen molar-refractivity contribution in [2.24, 2.45) is 5.92 Å². The monoisotopic (exact) mass is 2340 g/mol. The molecule has 0 aromatic carbocycles. The Kier molecular flexibility index (Phi) is 52.5. The minimum atomic E-state index is -3.62. The summed E-state index contributed by atoms with van der Waals surface area (Å²) in [7, 11) is 8.71. The number of aromatic amines is 1. The zero-order valence-electron chi connectivity index (χ0n) is 87.1. The van der Waals surface area contributed by atoms with Crippen LogP contribution in [0, 0.1) is 11.7 Å². The smallest absolute Gasteiger partial charge is 0.392 e. The molecule has 6 unspecified atom stereocenters. The van der Waals surface area contributed by atoms with Crippen LogP contribution in [-0.2, 0) is 118 Å².